The van der Waals surface area contributed by atoms with Crippen LogP contribution in [0.5, 0.6) is 0 Å². The van der Waals surface area contributed by atoms with Crippen molar-refractivity contribution in [3.63, 3.8) is 0 Å². The number of nitrogen functional groups attached to an aromatic ring is 1. The molecule has 0 spiro atoms. The van der Waals surface area contributed by atoms with Crippen molar-refractivity contribution in [3.05, 3.63) is 29.8 Å². The van der Waals surface area contributed by atoms with Crippen LogP contribution in [0.15, 0.2) is 24.3 Å². The molecule has 0 aliphatic carbocycles. The second-order valence-electron chi connectivity index (χ2n) is 7.40. The first-order valence-electron chi connectivity index (χ1n) is 9.33. The molecule has 1 aromatic carbocycles. The molecule has 1 aliphatic heterocycles. The van der Waals surface area contributed by atoms with Crippen molar-refractivity contribution in [1.82, 2.24) is 9.21 Å². The van der Waals surface area contributed by atoms with E-state index in [1.54, 1.807) is 4.31 Å². The van der Waals surface area contributed by atoms with Gasteiger partial charge in [-0.1, -0.05) is 19.1 Å². The van der Waals surface area contributed by atoms with Crippen molar-refractivity contribution in [2.75, 3.05) is 38.2 Å². The van der Waals surface area contributed by atoms with Gasteiger partial charge in [0.05, 0.1) is 6.26 Å². The molecule has 0 amide bonds. The third-order valence-electron chi connectivity index (χ3n) is 5.18. The van der Waals surface area contributed by atoms with Gasteiger partial charge in [-0.2, -0.15) is 0 Å². The summed E-state index contributed by atoms with van der Waals surface area (Å²) in [7, 11) is -3.04. The normalized spacial score (nSPS) is 18.6. The zero-order valence-corrected chi connectivity index (χ0v) is 16.6. The maximum atomic E-state index is 11.7. The van der Waals surface area contributed by atoms with Crippen LogP contribution in [0, 0.1) is 5.92 Å². The standard InChI is InChI=1S/C19H33N3O2S/c1-4-11-21(16(2)14-17-5-7-19(20)8-6-17)15-18-9-12-22(13-10-18)25(3,23)24/h5-8,16,18H,4,9-15,20H2,1-3H3. The molecule has 2 N–H and O–H groups in total. The molecule has 1 fully saturated rings. The lowest BCUT2D eigenvalue weighted by atomic mass is 9.96. The monoisotopic (exact) mass is 367 g/mol. The Bertz CT molecular complexity index is 623. The third kappa shape index (κ3) is 6.28. The first kappa shape index (κ1) is 20.2. The van der Waals surface area contributed by atoms with E-state index >= 15 is 0 Å². The average molecular weight is 368 g/mol. The molecule has 0 aromatic heterocycles. The van der Waals surface area contributed by atoms with Gasteiger partial charge >= 0.3 is 0 Å². The molecule has 0 radical (unpaired) electrons. The molecule has 1 unspecified atom stereocenters. The van der Waals surface area contributed by atoms with Gasteiger partial charge in [-0.25, -0.2) is 12.7 Å². The Morgan fingerprint density at radius 2 is 1.84 bits per heavy atom. The minimum atomic E-state index is -3.04. The zero-order chi connectivity index (χ0) is 18.4. The van der Waals surface area contributed by atoms with E-state index in [1.165, 1.54) is 11.8 Å². The quantitative estimate of drug-likeness (QED) is 0.717. The van der Waals surface area contributed by atoms with Crippen LogP contribution in [0.1, 0.15) is 38.7 Å². The Labute approximate surface area is 153 Å². The number of nitrogens with two attached hydrogens (primary N) is 1. The topological polar surface area (TPSA) is 66.6 Å². The molecule has 1 heterocycles. The fraction of sp³-hybridized carbons (Fsp3) is 0.684. The second kappa shape index (κ2) is 9.01. The fourth-order valence-corrected chi connectivity index (χ4v) is 4.53. The molecule has 0 saturated carbocycles. The molecule has 1 atom stereocenters. The molecule has 1 aromatic rings. The van der Waals surface area contributed by atoms with Gasteiger partial charge in [0.25, 0.3) is 0 Å². The predicted molar refractivity (Wildman–Crippen MR) is 105 cm³/mol. The van der Waals surface area contributed by atoms with Gasteiger partial charge in [0.1, 0.15) is 0 Å². The van der Waals surface area contributed by atoms with E-state index in [4.69, 9.17) is 5.73 Å². The number of hydrogen-bond donors (Lipinski definition) is 1. The number of piperidine rings is 1. The van der Waals surface area contributed by atoms with Crippen LogP contribution in [0.3, 0.4) is 0 Å². The summed E-state index contributed by atoms with van der Waals surface area (Å²) in [5, 5.41) is 0. The van der Waals surface area contributed by atoms with Gasteiger partial charge in [0, 0.05) is 31.4 Å². The minimum Gasteiger partial charge on any atom is -0.399 e. The largest absolute Gasteiger partial charge is 0.399 e. The lowest BCUT2D eigenvalue weighted by molar-refractivity contribution is 0.146. The molecule has 25 heavy (non-hydrogen) atoms. The molecule has 2 rings (SSSR count). The molecule has 0 bridgehead atoms. The van der Waals surface area contributed by atoms with E-state index in [1.807, 2.05) is 12.1 Å². The van der Waals surface area contributed by atoms with Crippen molar-refractivity contribution >= 4 is 15.7 Å². The zero-order valence-electron chi connectivity index (χ0n) is 15.8. The first-order valence-corrected chi connectivity index (χ1v) is 11.2. The highest BCUT2D eigenvalue weighted by Crippen LogP contribution is 2.22. The molecule has 5 nitrogen and oxygen atoms in total. The van der Waals surface area contributed by atoms with E-state index in [0.29, 0.717) is 25.0 Å². The molecule has 142 valence electrons. The minimum absolute atomic E-state index is 0.469. The van der Waals surface area contributed by atoms with Crippen LogP contribution in [-0.2, 0) is 16.4 Å². The predicted octanol–water partition coefficient (Wildman–Crippen LogP) is 2.58. The smallest absolute Gasteiger partial charge is 0.211 e. The van der Waals surface area contributed by atoms with Crippen LogP contribution in [0.25, 0.3) is 0 Å². The van der Waals surface area contributed by atoms with Crippen molar-refractivity contribution < 1.29 is 8.42 Å². The van der Waals surface area contributed by atoms with Crippen LogP contribution in [0.4, 0.5) is 5.69 Å². The summed E-state index contributed by atoms with van der Waals surface area (Å²) in [5.41, 5.74) is 7.89. The van der Waals surface area contributed by atoms with E-state index in [-0.39, 0.29) is 0 Å². The number of hydrogen-bond acceptors (Lipinski definition) is 4. The molecule has 6 heteroatoms. The van der Waals surface area contributed by atoms with Gasteiger partial charge in [-0.05, 0) is 62.8 Å². The van der Waals surface area contributed by atoms with E-state index < -0.39 is 10.0 Å². The maximum Gasteiger partial charge on any atom is 0.211 e. The molecule has 1 aliphatic rings. The summed E-state index contributed by atoms with van der Waals surface area (Å²) in [6.07, 6.45) is 5.38. The van der Waals surface area contributed by atoms with Crippen LogP contribution >= 0.6 is 0 Å². The van der Waals surface area contributed by atoms with Crippen LogP contribution < -0.4 is 5.73 Å². The highest BCUT2D eigenvalue weighted by Gasteiger charge is 2.27. The Morgan fingerprint density at radius 1 is 1.24 bits per heavy atom. The highest BCUT2D eigenvalue weighted by atomic mass is 32.2. The Morgan fingerprint density at radius 3 is 2.36 bits per heavy atom. The van der Waals surface area contributed by atoms with E-state index in [0.717, 1.165) is 44.5 Å². The van der Waals surface area contributed by atoms with Crippen LogP contribution in [-0.4, -0.2) is 56.1 Å². The summed E-state index contributed by atoms with van der Waals surface area (Å²) in [4.78, 5) is 2.57. The Kier molecular flexibility index (Phi) is 7.28. The number of nitrogens with zero attached hydrogens (tertiary/aromatic N) is 2. The summed E-state index contributed by atoms with van der Waals surface area (Å²) in [6, 6.07) is 8.62. The van der Waals surface area contributed by atoms with Gasteiger partial charge in [0.15, 0.2) is 0 Å². The SMILES string of the molecule is CCCN(CC1CCN(S(C)(=O)=O)CC1)C(C)Cc1ccc(N)cc1. The maximum absolute atomic E-state index is 11.7. The van der Waals surface area contributed by atoms with Crippen molar-refractivity contribution in [2.24, 2.45) is 5.92 Å². The number of benzene rings is 1. The summed E-state index contributed by atoms with van der Waals surface area (Å²) < 4.78 is 24.9. The lowest BCUT2D eigenvalue weighted by Gasteiger charge is -2.36. The van der Waals surface area contributed by atoms with Gasteiger partial charge in [-0.3, -0.25) is 0 Å². The van der Waals surface area contributed by atoms with Gasteiger partial charge in [0.2, 0.25) is 10.0 Å². The van der Waals surface area contributed by atoms with Crippen LogP contribution in [0.2, 0.25) is 0 Å². The lowest BCUT2D eigenvalue weighted by Crippen LogP contribution is -2.44. The highest BCUT2D eigenvalue weighted by molar-refractivity contribution is 7.88. The Hall–Kier alpha value is -1.11. The Balaban J connectivity index is 1.90. The molecular weight excluding hydrogens is 334 g/mol. The summed E-state index contributed by atoms with van der Waals surface area (Å²) in [5.74, 6) is 0.582. The number of anilines is 1. The second-order valence-corrected chi connectivity index (χ2v) is 9.38. The summed E-state index contributed by atoms with van der Waals surface area (Å²) >= 11 is 0. The van der Waals surface area contributed by atoms with Gasteiger partial charge < -0.3 is 10.6 Å². The van der Waals surface area contributed by atoms with Gasteiger partial charge in [-0.15, -0.1) is 0 Å². The molecular formula is C19H33N3O2S. The third-order valence-corrected chi connectivity index (χ3v) is 6.48. The fourth-order valence-electron chi connectivity index (χ4n) is 3.66. The number of sulfonamides is 1. The van der Waals surface area contributed by atoms with E-state index in [2.05, 4.69) is 30.9 Å². The van der Waals surface area contributed by atoms with Crippen molar-refractivity contribution in [3.8, 4) is 0 Å². The first-order chi connectivity index (χ1) is 11.8. The van der Waals surface area contributed by atoms with Crippen molar-refractivity contribution in [2.45, 2.75) is 45.6 Å². The number of rotatable bonds is 8. The van der Waals surface area contributed by atoms with Crippen molar-refractivity contribution in [1.29, 1.82) is 0 Å². The molecule has 1 saturated heterocycles. The van der Waals surface area contributed by atoms with E-state index in [9.17, 15) is 8.42 Å². The summed E-state index contributed by atoms with van der Waals surface area (Å²) in [6.45, 7) is 7.97. The average Bonchev–Trinajstić information content (AvgIpc) is 2.56.